The molecule has 1 heterocycles. The third-order valence-corrected chi connectivity index (χ3v) is 2.81. The lowest BCUT2D eigenvalue weighted by Gasteiger charge is -2.07. The van der Waals surface area contributed by atoms with Gasteiger partial charge in [0.15, 0.2) is 11.5 Å². The normalized spacial score (nSPS) is 12.6. The van der Waals surface area contributed by atoms with E-state index >= 15 is 0 Å². The van der Waals surface area contributed by atoms with Crippen molar-refractivity contribution in [2.75, 3.05) is 6.79 Å². The molecule has 0 aliphatic carbocycles. The maximum Gasteiger partial charge on any atom is 0.231 e. The first-order chi connectivity index (χ1) is 6.74. The van der Waals surface area contributed by atoms with Crippen LogP contribution in [0.4, 0.5) is 0 Å². The molecule has 0 N–H and O–H groups in total. The average molecular weight is 254 g/mol. The number of nitrogens with zero attached hydrogens (tertiary/aromatic N) is 1. The fraction of sp³-hybridized carbons (Fsp3) is 0.300. The molecular formula is C10H8BrNO2. The van der Waals surface area contributed by atoms with Gasteiger partial charge in [0.05, 0.1) is 17.0 Å². The Hall–Kier alpha value is -1.21. The summed E-state index contributed by atoms with van der Waals surface area (Å²) in [5.74, 6) is 1.49. The lowest BCUT2D eigenvalue weighted by molar-refractivity contribution is 0.173. The first-order valence-electron chi connectivity index (χ1n) is 4.18. The Kier molecular flexibility index (Phi) is 2.34. The Morgan fingerprint density at radius 2 is 2.21 bits per heavy atom. The van der Waals surface area contributed by atoms with Gasteiger partial charge in [-0.05, 0) is 40.0 Å². The van der Waals surface area contributed by atoms with Gasteiger partial charge in [-0.15, -0.1) is 0 Å². The van der Waals surface area contributed by atoms with E-state index in [9.17, 15) is 0 Å². The van der Waals surface area contributed by atoms with Crippen LogP contribution in [-0.2, 0) is 6.42 Å². The Balaban J connectivity index is 2.57. The van der Waals surface area contributed by atoms with Gasteiger partial charge in [-0.1, -0.05) is 0 Å². The zero-order valence-electron chi connectivity index (χ0n) is 7.63. The molecule has 0 amide bonds. The quantitative estimate of drug-likeness (QED) is 0.773. The minimum absolute atomic E-state index is 0.255. The van der Waals surface area contributed by atoms with Crippen LogP contribution in [0.15, 0.2) is 10.5 Å². The van der Waals surface area contributed by atoms with Crippen LogP contribution in [-0.4, -0.2) is 6.79 Å². The first-order valence-corrected chi connectivity index (χ1v) is 4.98. The van der Waals surface area contributed by atoms with Gasteiger partial charge in [-0.2, -0.15) is 5.26 Å². The minimum atomic E-state index is 0.255. The Bertz CT molecular complexity index is 423. The number of benzene rings is 1. The van der Waals surface area contributed by atoms with Crippen molar-refractivity contribution in [2.45, 2.75) is 13.3 Å². The van der Waals surface area contributed by atoms with Crippen LogP contribution in [0.25, 0.3) is 0 Å². The van der Waals surface area contributed by atoms with E-state index in [0.29, 0.717) is 6.42 Å². The van der Waals surface area contributed by atoms with Crippen molar-refractivity contribution in [1.29, 1.82) is 5.26 Å². The van der Waals surface area contributed by atoms with Gasteiger partial charge in [0, 0.05) is 0 Å². The van der Waals surface area contributed by atoms with Crippen LogP contribution < -0.4 is 9.47 Å². The Morgan fingerprint density at radius 1 is 1.50 bits per heavy atom. The van der Waals surface area contributed by atoms with Crippen molar-refractivity contribution in [3.05, 3.63) is 21.7 Å². The van der Waals surface area contributed by atoms with E-state index in [1.807, 2.05) is 13.0 Å². The van der Waals surface area contributed by atoms with Gasteiger partial charge >= 0.3 is 0 Å². The van der Waals surface area contributed by atoms with Crippen molar-refractivity contribution in [1.82, 2.24) is 0 Å². The van der Waals surface area contributed by atoms with Gasteiger partial charge in [-0.25, -0.2) is 0 Å². The molecular weight excluding hydrogens is 246 g/mol. The van der Waals surface area contributed by atoms with Crippen LogP contribution in [0.2, 0.25) is 0 Å². The first kappa shape index (κ1) is 9.35. The van der Waals surface area contributed by atoms with Gasteiger partial charge in [0.25, 0.3) is 0 Å². The van der Waals surface area contributed by atoms with Crippen molar-refractivity contribution in [3.63, 3.8) is 0 Å². The van der Waals surface area contributed by atoms with Crippen LogP contribution in [0.1, 0.15) is 11.1 Å². The summed E-state index contributed by atoms with van der Waals surface area (Å²) in [4.78, 5) is 0. The Morgan fingerprint density at radius 3 is 2.93 bits per heavy atom. The van der Waals surface area contributed by atoms with E-state index in [1.54, 1.807) is 0 Å². The highest BCUT2D eigenvalue weighted by Crippen LogP contribution is 2.43. The lowest BCUT2D eigenvalue weighted by atomic mass is 10.1. The SMILES string of the molecule is Cc1c(CC#N)cc(Br)c2c1OCO2. The average Bonchev–Trinajstić information content (AvgIpc) is 2.63. The maximum atomic E-state index is 8.65. The molecule has 0 spiro atoms. The second-order valence-corrected chi connectivity index (χ2v) is 3.90. The predicted octanol–water partition coefficient (Wildman–Crippen LogP) is 2.55. The number of nitriles is 1. The van der Waals surface area contributed by atoms with Crippen LogP contribution >= 0.6 is 15.9 Å². The number of halogens is 1. The molecule has 4 heteroatoms. The number of hydrogen-bond acceptors (Lipinski definition) is 3. The molecule has 14 heavy (non-hydrogen) atoms. The molecule has 0 fully saturated rings. The van der Waals surface area contributed by atoms with Crippen LogP contribution in [0, 0.1) is 18.3 Å². The smallest absolute Gasteiger partial charge is 0.231 e. The summed E-state index contributed by atoms with van der Waals surface area (Å²) >= 11 is 3.39. The second kappa shape index (κ2) is 3.50. The molecule has 1 aromatic carbocycles. The van der Waals surface area contributed by atoms with Gasteiger partial charge in [0.1, 0.15) is 0 Å². The summed E-state index contributed by atoms with van der Waals surface area (Å²) in [5.41, 5.74) is 1.96. The summed E-state index contributed by atoms with van der Waals surface area (Å²) < 4.78 is 11.5. The molecule has 0 saturated carbocycles. The van der Waals surface area contributed by atoms with E-state index in [4.69, 9.17) is 14.7 Å². The van der Waals surface area contributed by atoms with E-state index in [0.717, 1.165) is 27.1 Å². The number of rotatable bonds is 1. The molecule has 1 aromatic rings. The molecule has 72 valence electrons. The summed E-state index contributed by atoms with van der Waals surface area (Å²) in [6, 6.07) is 4.03. The molecule has 0 unspecified atom stereocenters. The fourth-order valence-electron chi connectivity index (χ4n) is 1.48. The molecule has 1 aliphatic rings. The summed E-state index contributed by atoms with van der Waals surface area (Å²) in [6.07, 6.45) is 0.390. The summed E-state index contributed by atoms with van der Waals surface area (Å²) in [6.45, 7) is 2.19. The van der Waals surface area contributed by atoms with Gasteiger partial charge in [0.2, 0.25) is 6.79 Å². The fourth-order valence-corrected chi connectivity index (χ4v) is 2.05. The molecule has 2 rings (SSSR count). The minimum Gasteiger partial charge on any atom is -0.453 e. The predicted molar refractivity (Wildman–Crippen MR) is 54.3 cm³/mol. The summed E-state index contributed by atoms with van der Waals surface area (Å²) in [5, 5.41) is 8.65. The number of hydrogen-bond donors (Lipinski definition) is 0. The van der Waals surface area contributed by atoms with E-state index < -0.39 is 0 Å². The van der Waals surface area contributed by atoms with Crippen molar-refractivity contribution < 1.29 is 9.47 Å². The molecule has 1 aliphatic heterocycles. The second-order valence-electron chi connectivity index (χ2n) is 3.04. The van der Waals surface area contributed by atoms with Gasteiger partial charge in [-0.3, -0.25) is 0 Å². The Labute approximate surface area is 90.4 Å². The lowest BCUT2D eigenvalue weighted by Crippen LogP contribution is -1.94. The van der Waals surface area contributed by atoms with Crippen molar-refractivity contribution in [2.24, 2.45) is 0 Å². The van der Waals surface area contributed by atoms with E-state index in [-0.39, 0.29) is 6.79 Å². The molecule has 3 nitrogen and oxygen atoms in total. The third kappa shape index (κ3) is 1.34. The highest BCUT2D eigenvalue weighted by atomic mass is 79.9. The van der Waals surface area contributed by atoms with E-state index in [2.05, 4.69) is 22.0 Å². The maximum absolute atomic E-state index is 8.65. The van der Waals surface area contributed by atoms with Crippen LogP contribution in [0.5, 0.6) is 11.5 Å². The summed E-state index contributed by atoms with van der Waals surface area (Å²) in [7, 11) is 0. The molecule has 0 aromatic heterocycles. The number of ether oxygens (including phenoxy) is 2. The van der Waals surface area contributed by atoms with Crippen LogP contribution in [0.3, 0.4) is 0 Å². The molecule has 0 atom stereocenters. The molecule has 0 radical (unpaired) electrons. The zero-order valence-corrected chi connectivity index (χ0v) is 9.22. The van der Waals surface area contributed by atoms with Crippen molar-refractivity contribution in [3.8, 4) is 17.6 Å². The highest BCUT2D eigenvalue weighted by molar-refractivity contribution is 9.10. The topological polar surface area (TPSA) is 42.2 Å². The number of fused-ring (bicyclic) bond motifs is 1. The molecule has 0 saturated heterocycles. The zero-order chi connectivity index (χ0) is 10.1. The van der Waals surface area contributed by atoms with Gasteiger partial charge < -0.3 is 9.47 Å². The standard InChI is InChI=1S/C10H8BrNO2/c1-6-7(2-3-12)4-8(11)10-9(6)13-5-14-10/h4H,2,5H2,1H3. The highest BCUT2D eigenvalue weighted by Gasteiger charge is 2.21. The third-order valence-electron chi connectivity index (χ3n) is 2.22. The van der Waals surface area contributed by atoms with Crippen molar-refractivity contribution >= 4 is 15.9 Å². The molecule has 0 bridgehead atoms. The van der Waals surface area contributed by atoms with E-state index in [1.165, 1.54) is 0 Å². The largest absolute Gasteiger partial charge is 0.453 e. The monoisotopic (exact) mass is 253 g/mol.